The quantitative estimate of drug-likeness (QED) is 0.781. The summed E-state index contributed by atoms with van der Waals surface area (Å²) in [4.78, 5) is 38.6. The van der Waals surface area contributed by atoms with Crippen LogP contribution in [0.15, 0.2) is 61.2 Å². The molecule has 0 saturated carbocycles. The van der Waals surface area contributed by atoms with E-state index >= 15 is 0 Å². The van der Waals surface area contributed by atoms with Gasteiger partial charge in [0.1, 0.15) is 5.75 Å². The highest BCUT2D eigenvalue weighted by Gasteiger charge is 2.32. The van der Waals surface area contributed by atoms with Crippen LogP contribution < -0.4 is 20.3 Å². The summed E-state index contributed by atoms with van der Waals surface area (Å²) in [5, 5.41) is 5.42. The molecule has 2 N–H and O–H groups in total. The van der Waals surface area contributed by atoms with E-state index < -0.39 is 12.0 Å². The maximum atomic E-state index is 12.8. The van der Waals surface area contributed by atoms with Crippen LogP contribution in [0.2, 0.25) is 0 Å². The number of benzene rings is 2. The summed E-state index contributed by atoms with van der Waals surface area (Å²) in [5.41, 5.74) is 1.33. The van der Waals surface area contributed by atoms with Crippen molar-refractivity contribution in [1.82, 2.24) is 5.32 Å². The number of carbonyl (C=O) groups is 3. The second kappa shape index (κ2) is 8.39. The molecule has 1 atom stereocenters. The van der Waals surface area contributed by atoms with Crippen molar-refractivity contribution >= 4 is 29.1 Å². The predicted molar refractivity (Wildman–Crippen MR) is 106 cm³/mol. The summed E-state index contributed by atoms with van der Waals surface area (Å²) in [5.74, 6) is -0.486. The van der Waals surface area contributed by atoms with Crippen molar-refractivity contribution in [2.75, 3.05) is 23.3 Å². The number of rotatable bonds is 5. The number of amides is 3. The van der Waals surface area contributed by atoms with Crippen LogP contribution >= 0.6 is 0 Å². The van der Waals surface area contributed by atoms with Crippen molar-refractivity contribution in [1.29, 1.82) is 0 Å². The Morgan fingerprint density at radius 1 is 1.18 bits per heavy atom. The molecule has 0 radical (unpaired) electrons. The monoisotopic (exact) mass is 379 g/mol. The highest BCUT2D eigenvalue weighted by molar-refractivity contribution is 6.05. The lowest BCUT2D eigenvalue weighted by Gasteiger charge is -2.33. The first-order valence-electron chi connectivity index (χ1n) is 8.84. The molecule has 0 saturated heterocycles. The number of nitrogens with zero attached hydrogens (tertiary/aromatic N) is 1. The fourth-order valence-electron chi connectivity index (χ4n) is 2.93. The van der Waals surface area contributed by atoms with Gasteiger partial charge in [0, 0.05) is 13.5 Å². The van der Waals surface area contributed by atoms with Gasteiger partial charge in [-0.05, 0) is 24.3 Å². The zero-order valence-electron chi connectivity index (χ0n) is 15.5. The van der Waals surface area contributed by atoms with E-state index in [4.69, 9.17) is 4.74 Å². The zero-order chi connectivity index (χ0) is 20.1. The van der Waals surface area contributed by atoms with Crippen molar-refractivity contribution in [3.63, 3.8) is 0 Å². The highest BCUT2D eigenvalue weighted by Crippen LogP contribution is 2.33. The topological polar surface area (TPSA) is 87.7 Å². The molecular weight excluding hydrogens is 358 g/mol. The average Bonchev–Trinajstić information content (AvgIpc) is 2.71. The van der Waals surface area contributed by atoms with Gasteiger partial charge in [-0.2, -0.15) is 0 Å². The van der Waals surface area contributed by atoms with Crippen molar-refractivity contribution in [2.24, 2.45) is 0 Å². The van der Waals surface area contributed by atoms with Crippen LogP contribution in [0.3, 0.4) is 0 Å². The normalized spacial score (nSPS) is 15.0. The highest BCUT2D eigenvalue weighted by atomic mass is 16.5. The van der Waals surface area contributed by atoms with Gasteiger partial charge in [-0.15, -0.1) is 6.58 Å². The first-order valence-corrected chi connectivity index (χ1v) is 8.84. The molecule has 0 aliphatic carbocycles. The van der Waals surface area contributed by atoms with E-state index in [0.717, 1.165) is 0 Å². The van der Waals surface area contributed by atoms with E-state index in [0.29, 0.717) is 29.2 Å². The molecule has 2 aromatic rings. The molecule has 0 fully saturated rings. The number of hydrogen-bond acceptors (Lipinski definition) is 4. The van der Waals surface area contributed by atoms with Gasteiger partial charge in [0.2, 0.25) is 5.91 Å². The molecule has 7 heteroatoms. The number of carbonyl (C=O) groups excluding carboxylic acids is 3. The summed E-state index contributed by atoms with van der Waals surface area (Å²) in [6, 6.07) is 13.7. The maximum Gasteiger partial charge on any atom is 0.267 e. The standard InChI is InChI=1S/C21H21N3O4/c1-3-12-22-20(26)15-8-4-5-9-16(15)23-21(27)19-13-24(14(2)25)17-10-6-7-11-18(17)28-19/h3-11,19H,1,12-13H2,2H3,(H,22,26)(H,23,27). The lowest BCUT2D eigenvalue weighted by Crippen LogP contribution is -2.48. The van der Waals surface area contributed by atoms with Gasteiger partial charge in [0.05, 0.1) is 23.5 Å². The molecule has 28 heavy (non-hydrogen) atoms. The Balaban J connectivity index is 1.80. The molecule has 1 heterocycles. The minimum Gasteiger partial charge on any atom is -0.476 e. The summed E-state index contributed by atoms with van der Waals surface area (Å²) in [6.45, 7) is 5.41. The third-order valence-corrected chi connectivity index (χ3v) is 4.28. The van der Waals surface area contributed by atoms with E-state index in [1.165, 1.54) is 11.8 Å². The van der Waals surface area contributed by atoms with E-state index in [2.05, 4.69) is 17.2 Å². The van der Waals surface area contributed by atoms with E-state index in [1.807, 2.05) is 0 Å². The Morgan fingerprint density at radius 3 is 2.64 bits per heavy atom. The fourth-order valence-corrected chi connectivity index (χ4v) is 2.93. The molecule has 7 nitrogen and oxygen atoms in total. The SMILES string of the molecule is C=CCNC(=O)c1ccccc1NC(=O)C1CN(C(C)=O)c2ccccc2O1. The van der Waals surface area contributed by atoms with Crippen LogP contribution in [-0.4, -0.2) is 36.9 Å². The molecular formula is C21H21N3O4. The third kappa shape index (κ3) is 4.03. The van der Waals surface area contributed by atoms with Crippen LogP contribution in [-0.2, 0) is 9.59 Å². The molecule has 1 aliphatic rings. The Morgan fingerprint density at radius 2 is 1.89 bits per heavy atom. The summed E-state index contributed by atoms with van der Waals surface area (Å²) in [6.07, 6.45) is 0.672. The summed E-state index contributed by atoms with van der Waals surface area (Å²) >= 11 is 0. The molecule has 1 unspecified atom stereocenters. The van der Waals surface area contributed by atoms with Crippen molar-refractivity contribution in [3.8, 4) is 5.75 Å². The minimum atomic E-state index is -0.900. The van der Waals surface area contributed by atoms with Crippen molar-refractivity contribution in [2.45, 2.75) is 13.0 Å². The molecule has 1 aliphatic heterocycles. The Labute approximate surface area is 163 Å². The summed E-state index contributed by atoms with van der Waals surface area (Å²) in [7, 11) is 0. The number of nitrogens with one attached hydrogen (secondary N) is 2. The smallest absolute Gasteiger partial charge is 0.267 e. The second-order valence-corrected chi connectivity index (χ2v) is 6.24. The lowest BCUT2D eigenvalue weighted by atomic mass is 10.1. The number of para-hydroxylation sites is 3. The zero-order valence-corrected chi connectivity index (χ0v) is 15.5. The van der Waals surface area contributed by atoms with Crippen LogP contribution in [0.1, 0.15) is 17.3 Å². The van der Waals surface area contributed by atoms with Gasteiger partial charge in [0.25, 0.3) is 11.8 Å². The van der Waals surface area contributed by atoms with Gasteiger partial charge < -0.3 is 20.3 Å². The fraction of sp³-hybridized carbons (Fsp3) is 0.190. The molecule has 144 valence electrons. The Kier molecular flexibility index (Phi) is 5.74. The molecule has 0 aromatic heterocycles. The maximum absolute atomic E-state index is 12.8. The lowest BCUT2D eigenvalue weighted by molar-refractivity contribution is -0.123. The number of hydrogen-bond donors (Lipinski definition) is 2. The van der Waals surface area contributed by atoms with Gasteiger partial charge >= 0.3 is 0 Å². The van der Waals surface area contributed by atoms with Gasteiger partial charge in [-0.1, -0.05) is 30.3 Å². The molecule has 2 aromatic carbocycles. The Bertz CT molecular complexity index is 925. The number of ether oxygens (including phenoxy) is 1. The van der Waals surface area contributed by atoms with Gasteiger partial charge in [-0.25, -0.2) is 0 Å². The average molecular weight is 379 g/mol. The van der Waals surface area contributed by atoms with Crippen LogP contribution in [0, 0.1) is 0 Å². The van der Waals surface area contributed by atoms with E-state index in [1.54, 1.807) is 54.6 Å². The number of fused-ring (bicyclic) bond motifs is 1. The van der Waals surface area contributed by atoms with E-state index in [9.17, 15) is 14.4 Å². The van der Waals surface area contributed by atoms with Crippen LogP contribution in [0.4, 0.5) is 11.4 Å². The largest absolute Gasteiger partial charge is 0.476 e. The summed E-state index contributed by atoms with van der Waals surface area (Å²) < 4.78 is 5.79. The first-order chi connectivity index (χ1) is 13.5. The molecule has 3 amide bonds. The minimum absolute atomic E-state index is 0.0863. The van der Waals surface area contributed by atoms with Crippen LogP contribution in [0.25, 0.3) is 0 Å². The predicted octanol–water partition coefficient (Wildman–Crippen LogP) is 2.35. The van der Waals surface area contributed by atoms with Crippen LogP contribution in [0.5, 0.6) is 5.75 Å². The van der Waals surface area contributed by atoms with Gasteiger partial charge in [-0.3, -0.25) is 14.4 Å². The van der Waals surface area contributed by atoms with E-state index in [-0.39, 0.29) is 18.4 Å². The molecule has 0 bridgehead atoms. The number of anilines is 2. The second-order valence-electron chi connectivity index (χ2n) is 6.24. The molecule has 0 spiro atoms. The first kappa shape index (κ1) is 19.2. The van der Waals surface area contributed by atoms with Crippen molar-refractivity contribution < 1.29 is 19.1 Å². The van der Waals surface area contributed by atoms with Crippen molar-refractivity contribution in [3.05, 3.63) is 66.7 Å². The third-order valence-electron chi connectivity index (χ3n) is 4.28. The Hall–Kier alpha value is -3.61. The molecule has 3 rings (SSSR count). The van der Waals surface area contributed by atoms with Gasteiger partial charge in [0.15, 0.2) is 6.10 Å².